The number of ether oxygens (including phenoxy) is 2. The Balaban J connectivity index is 1.97. The predicted octanol–water partition coefficient (Wildman–Crippen LogP) is 2.05. The van der Waals surface area contributed by atoms with Crippen molar-refractivity contribution in [3.05, 3.63) is 42.0 Å². The smallest absolute Gasteiger partial charge is 0.337 e. The molecule has 0 N–H and O–H groups in total. The molecule has 6 nitrogen and oxygen atoms in total. The Morgan fingerprint density at radius 3 is 2.70 bits per heavy atom. The second kappa shape index (κ2) is 6.70. The van der Waals surface area contributed by atoms with E-state index in [0.29, 0.717) is 17.9 Å². The fraction of sp³-hybridized carbons (Fsp3) is 0.357. The van der Waals surface area contributed by atoms with Crippen molar-refractivity contribution >= 4 is 5.97 Å². The van der Waals surface area contributed by atoms with Gasteiger partial charge < -0.3 is 9.47 Å². The Labute approximate surface area is 117 Å². The molecule has 0 aliphatic heterocycles. The van der Waals surface area contributed by atoms with Crippen LogP contribution in [-0.2, 0) is 17.9 Å². The van der Waals surface area contributed by atoms with Crippen LogP contribution in [0.25, 0.3) is 0 Å². The highest BCUT2D eigenvalue weighted by molar-refractivity contribution is 5.89. The summed E-state index contributed by atoms with van der Waals surface area (Å²) in [6, 6.07) is 6.79. The summed E-state index contributed by atoms with van der Waals surface area (Å²) in [6.45, 7) is 3.25. The van der Waals surface area contributed by atoms with E-state index in [-0.39, 0.29) is 5.97 Å². The molecule has 1 aromatic carbocycles. The molecule has 0 unspecified atom stereocenters. The molecule has 0 spiro atoms. The maximum Gasteiger partial charge on any atom is 0.337 e. The van der Waals surface area contributed by atoms with Crippen LogP contribution in [0.1, 0.15) is 29.5 Å². The predicted molar refractivity (Wildman–Crippen MR) is 72.4 cm³/mol. The number of hydrogen-bond donors (Lipinski definition) is 0. The lowest BCUT2D eigenvalue weighted by atomic mass is 10.2. The van der Waals surface area contributed by atoms with Crippen LogP contribution in [-0.4, -0.2) is 27.8 Å². The van der Waals surface area contributed by atoms with Gasteiger partial charge in [0.05, 0.1) is 12.7 Å². The van der Waals surface area contributed by atoms with Gasteiger partial charge in [-0.2, -0.15) is 5.10 Å². The van der Waals surface area contributed by atoms with Crippen LogP contribution < -0.4 is 4.74 Å². The molecule has 2 rings (SSSR count). The number of esters is 1. The molecule has 0 aliphatic carbocycles. The third-order valence-corrected chi connectivity index (χ3v) is 2.77. The van der Waals surface area contributed by atoms with E-state index in [9.17, 15) is 4.79 Å². The summed E-state index contributed by atoms with van der Waals surface area (Å²) in [7, 11) is 1.35. The summed E-state index contributed by atoms with van der Waals surface area (Å²) in [6.07, 6.45) is 2.51. The maximum absolute atomic E-state index is 11.3. The Bertz CT molecular complexity index is 563. The summed E-state index contributed by atoms with van der Waals surface area (Å²) in [5.74, 6) is 1.09. The largest absolute Gasteiger partial charge is 0.486 e. The summed E-state index contributed by atoms with van der Waals surface area (Å²) in [5.41, 5.74) is 0.494. The van der Waals surface area contributed by atoms with Gasteiger partial charge in [-0.3, -0.25) is 0 Å². The summed E-state index contributed by atoms with van der Waals surface area (Å²) in [4.78, 5) is 15.5. The standard InChI is InChI=1S/C14H17N3O3/c1-3-8-17-13(15-10-16-17)9-20-12-6-4-11(5-7-12)14(18)19-2/h4-7,10H,3,8-9H2,1-2H3. The molecule has 106 valence electrons. The van der Waals surface area contributed by atoms with Gasteiger partial charge in [0.25, 0.3) is 0 Å². The fourth-order valence-electron chi connectivity index (χ4n) is 1.75. The minimum atomic E-state index is -0.362. The average Bonchev–Trinajstić information content (AvgIpc) is 2.92. The van der Waals surface area contributed by atoms with E-state index < -0.39 is 0 Å². The highest BCUT2D eigenvalue weighted by atomic mass is 16.5. The monoisotopic (exact) mass is 275 g/mol. The van der Waals surface area contributed by atoms with E-state index in [4.69, 9.17) is 4.74 Å². The summed E-state index contributed by atoms with van der Waals surface area (Å²) in [5, 5.41) is 4.13. The average molecular weight is 275 g/mol. The molecule has 0 bridgehead atoms. The number of carbonyl (C=O) groups is 1. The molecular formula is C14H17N3O3. The van der Waals surface area contributed by atoms with E-state index in [1.54, 1.807) is 24.3 Å². The second-order valence-electron chi connectivity index (χ2n) is 4.20. The van der Waals surface area contributed by atoms with Crippen molar-refractivity contribution in [3.63, 3.8) is 0 Å². The second-order valence-corrected chi connectivity index (χ2v) is 4.20. The lowest BCUT2D eigenvalue weighted by Gasteiger charge is -2.07. The Morgan fingerprint density at radius 1 is 1.30 bits per heavy atom. The van der Waals surface area contributed by atoms with E-state index >= 15 is 0 Å². The first-order chi connectivity index (χ1) is 9.74. The molecular weight excluding hydrogens is 258 g/mol. The Morgan fingerprint density at radius 2 is 2.05 bits per heavy atom. The van der Waals surface area contributed by atoms with Crippen molar-refractivity contribution in [1.82, 2.24) is 14.8 Å². The van der Waals surface area contributed by atoms with E-state index in [1.165, 1.54) is 13.4 Å². The third kappa shape index (κ3) is 3.34. The van der Waals surface area contributed by atoms with Gasteiger partial charge in [0.1, 0.15) is 18.7 Å². The molecule has 1 aromatic heterocycles. The number of rotatable bonds is 6. The van der Waals surface area contributed by atoms with Crippen molar-refractivity contribution in [2.24, 2.45) is 0 Å². The van der Waals surface area contributed by atoms with Gasteiger partial charge >= 0.3 is 5.97 Å². The van der Waals surface area contributed by atoms with Gasteiger partial charge in [0.2, 0.25) is 0 Å². The molecule has 20 heavy (non-hydrogen) atoms. The molecule has 6 heteroatoms. The van der Waals surface area contributed by atoms with Crippen LogP contribution >= 0.6 is 0 Å². The van der Waals surface area contributed by atoms with Gasteiger partial charge in [0.15, 0.2) is 5.82 Å². The number of hydrogen-bond acceptors (Lipinski definition) is 5. The van der Waals surface area contributed by atoms with Gasteiger partial charge in [-0.1, -0.05) is 6.92 Å². The van der Waals surface area contributed by atoms with Crippen LogP contribution in [0.2, 0.25) is 0 Å². The molecule has 0 aliphatic rings. The number of aromatic nitrogens is 3. The summed E-state index contributed by atoms with van der Waals surface area (Å²) < 4.78 is 12.1. The fourth-order valence-corrected chi connectivity index (χ4v) is 1.75. The molecule has 0 amide bonds. The highest BCUT2D eigenvalue weighted by Gasteiger charge is 2.07. The number of nitrogens with zero attached hydrogens (tertiary/aromatic N) is 3. The molecule has 0 saturated heterocycles. The SMILES string of the molecule is CCCn1ncnc1COc1ccc(C(=O)OC)cc1. The van der Waals surface area contributed by atoms with E-state index in [2.05, 4.69) is 21.7 Å². The first-order valence-corrected chi connectivity index (χ1v) is 6.42. The number of aryl methyl sites for hydroxylation is 1. The molecule has 0 atom stereocenters. The molecule has 0 radical (unpaired) electrons. The van der Waals surface area contributed by atoms with E-state index in [1.807, 2.05) is 4.68 Å². The zero-order chi connectivity index (χ0) is 14.4. The third-order valence-electron chi connectivity index (χ3n) is 2.77. The van der Waals surface area contributed by atoms with Crippen LogP contribution in [0.5, 0.6) is 5.75 Å². The minimum absolute atomic E-state index is 0.345. The number of methoxy groups -OCH3 is 1. The topological polar surface area (TPSA) is 66.2 Å². The van der Waals surface area contributed by atoms with Crippen molar-refractivity contribution < 1.29 is 14.3 Å². The van der Waals surface area contributed by atoms with Gasteiger partial charge in [0, 0.05) is 6.54 Å². The highest BCUT2D eigenvalue weighted by Crippen LogP contribution is 2.14. The van der Waals surface area contributed by atoms with Crippen LogP contribution in [0.3, 0.4) is 0 Å². The normalized spacial score (nSPS) is 10.3. The lowest BCUT2D eigenvalue weighted by Crippen LogP contribution is -2.08. The maximum atomic E-state index is 11.3. The zero-order valence-electron chi connectivity index (χ0n) is 11.6. The van der Waals surface area contributed by atoms with Crippen molar-refractivity contribution in [1.29, 1.82) is 0 Å². The zero-order valence-corrected chi connectivity index (χ0v) is 11.6. The minimum Gasteiger partial charge on any atom is -0.486 e. The van der Waals surface area contributed by atoms with Crippen LogP contribution in [0.15, 0.2) is 30.6 Å². The lowest BCUT2D eigenvalue weighted by molar-refractivity contribution is 0.0600. The van der Waals surface area contributed by atoms with Gasteiger partial charge in [-0.25, -0.2) is 14.5 Å². The number of carbonyl (C=O) groups excluding carboxylic acids is 1. The van der Waals surface area contributed by atoms with Crippen molar-refractivity contribution in [3.8, 4) is 5.75 Å². The van der Waals surface area contributed by atoms with Gasteiger partial charge in [-0.05, 0) is 30.7 Å². The Hall–Kier alpha value is -2.37. The molecule has 1 heterocycles. The van der Waals surface area contributed by atoms with Crippen LogP contribution in [0.4, 0.5) is 0 Å². The van der Waals surface area contributed by atoms with Crippen molar-refractivity contribution in [2.45, 2.75) is 26.5 Å². The molecule has 2 aromatic rings. The van der Waals surface area contributed by atoms with E-state index in [0.717, 1.165) is 18.8 Å². The quantitative estimate of drug-likeness (QED) is 0.755. The Kier molecular flexibility index (Phi) is 4.70. The first kappa shape index (κ1) is 14.0. The van der Waals surface area contributed by atoms with Gasteiger partial charge in [-0.15, -0.1) is 0 Å². The molecule has 0 saturated carbocycles. The summed E-state index contributed by atoms with van der Waals surface area (Å²) >= 11 is 0. The first-order valence-electron chi connectivity index (χ1n) is 6.42. The number of benzene rings is 1. The van der Waals surface area contributed by atoms with Crippen molar-refractivity contribution in [2.75, 3.05) is 7.11 Å². The molecule has 0 fully saturated rings. The van der Waals surface area contributed by atoms with Crippen LogP contribution in [0, 0.1) is 0 Å².